The molecule has 3 rings (SSSR count). The van der Waals surface area contributed by atoms with E-state index in [1.165, 1.54) is 17.4 Å². The normalized spacial score (nSPS) is 11.4. The van der Waals surface area contributed by atoms with E-state index < -0.39 is 9.84 Å². The zero-order chi connectivity index (χ0) is 17.3. The van der Waals surface area contributed by atoms with Crippen molar-refractivity contribution in [3.05, 3.63) is 53.4 Å². The molecule has 0 radical (unpaired) electrons. The van der Waals surface area contributed by atoms with Gasteiger partial charge in [0.2, 0.25) is 0 Å². The van der Waals surface area contributed by atoms with Gasteiger partial charge in [0, 0.05) is 22.9 Å². The van der Waals surface area contributed by atoms with Gasteiger partial charge in [0.1, 0.15) is 17.0 Å². The quantitative estimate of drug-likeness (QED) is 0.768. The standard InChI is InChI=1S/C16H14N2O4S2/c1-10-7-12(3-4-14(10)24(2,20)21)17-15(19)13-9-23-16(18-13)11-5-6-22-8-11/h3-9H,1-2H3,(H,17,19). The number of furan rings is 1. The molecule has 3 aromatic rings. The van der Waals surface area contributed by atoms with Gasteiger partial charge in [-0.1, -0.05) is 0 Å². The summed E-state index contributed by atoms with van der Waals surface area (Å²) < 4.78 is 28.2. The Labute approximate surface area is 143 Å². The lowest BCUT2D eigenvalue weighted by Gasteiger charge is -2.08. The predicted octanol–water partition coefficient (Wildman–Crippen LogP) is 3.37. The molecule has 1 amide bonds. The number of carbonyl (C=O) groups is 1. The lowest BCUT2D eigenvalue weighted by atomic mass is 10.2. The summed E-state index contributed by atoms with van der Waals surface area (Å²) in [4.78, 5) is 16.8. The molecule has 0 fully saturated rings. The second-order valence-corrected chi connectivity index (χ2v) is 8.10. The maximum Gasteiger partial charge on any atom is 0.275 e. The van der Waals surface area contributed by atoms with Crippen LogP contribution in [0.5, 0.6) is 0 Å². The molecule has 24 heavy (non-hydrogen) atoms. The van der Waals surface area contributed by atoms with Crippen LogP contribution in [-0.4, -0.2) is 25.6 Å². The molecule has 0 saturated carbocycles. The number of hydrogen-bond donors (Lipinski definition) is 1. The maximum absolute atomic E-state index is 12.3. The molecule has 6 nitrogen and oxygen atoms in total. The lowest BCUT2D eigenvalue weighted by Crippen LogP contribution is -2.12. The van der Waals surface area contributed by atoms with Crippen LogP contribution >= 0.6 is 11.3 Å². The Morgan fingerprint density at radius 3 is 2.71 bits per heavy atom. The molecule has 0 aliphatic heterocycles. The van der Waals surface area contributed by atoms with E-state index in [1.807, 2.05) is 0 Å². The van der Waals surface area contributed by atoms with Gasteiger partial charge in [-0.05, 0) is 36.8 Å². The molecule has 2 aromatic heterocycles. The van der Waals surface area contributed by atoms with Crippen molar-refractivity contribution in [3.8, 4) is 10.6 Å². The number of nitrogens with one attached hydrogen (secondary N) is 1. The minimum absolute atomic E-state index is 0.247. The van der Waals surface area contributed by atoms with Gasteiger partial charge in [-0.3, -0.25) is 4.79 Å². The molecule has 0 aliphatic carbocycles. The number of carbonyl (C=O) groups excluding carboxylic acids is 1. The number of sulfone groups is 1. The number of nitrogens with zero attached hydrogens (tertiary/aromatic N) is 1. The fraction of sp³-hybridized carbons (Fsp3) is 0.125. The summed E-state index contributed by atoms with van der Waals surface area (Å²) in [6.07, 6.45) is 4.26. The van der Waals surface area contributed by atoms with Crippen molar-refractivity contribution in [2.75, 3.05) is 11.6 Å². The molecular weight excluding hydrogens is 348 g/mol. The average Bonchev–Trinajstić information content (AvgIpc) is 3.17. The fourth-order valence-electron chi connectivity index (χ4n) is 2.24. The van der Waals surface area contributed by atoms with E-state index >= 15 is 0 Å². The number of aryl methyl sites for hydroxylation is 1. The van der Waals surface area contributed by atoms with E-state index in [9.17, 15) is 13.2 Å². The van der Waals surface area contributed by atoms with E-state index in [1.54, 1.807) is 43.0 Å². The Bertz CT molecular complexity index is 989. The lowest BCUT2D eigenvalue weighted by molar-refractivity contribution is 0.102. The van der Waals surface area contributed by atoms with Crippen molar-refractivity contribution in [2.45, 2.75) is 11.8 Å². The molecule has 1 N–H and O–H groups in total. The minimum Gasteiger partial charge on any atom is -0.472 e. The summed E-state index contributed by atoms with van der Waals surface area (Å²) in [7, 11) is -3.28. The molecule has 0 aliphatic rings. The zero-order valence-electron chi connectivity index (χ0n) is 12.9. The highest BCUT2D eigenvalue weighted by Gasteiger charge is 2.15. The van der Waals surface area contributed by atoms with Crippen LogP contribution in [0.15, 0.2) is 51.5 Å². The van der Waals surface area contributed by atoms with E-state index in [0.717, 1.165) is 11.8 Å². The largest absolute Gasteiger partial charge is 0.472 e. The third-order valence-electron chi connectivity index (χ3n) is 3.34. The topological polar surface area (TPSA) is 89.3 Å². The smallest absolute Gasteiger partial charge is 0.275 e. The van der Waals surface area contributed by atoms with Crippen molar-refractivity contribution >= 4 is 32.8 Å². The monoisotopic (exact) mass is 362 g/mol. The van der Waals surface area contributed by atoms with Gasteiger partial charge in [0.05, 0.1) is 11.2 Å². The highest BCUT2D eigenvalue weighted by atomic mass is 32.2. The molecule has 2 heterocycles. The van der Waals surface area contributed by atoms with E-state index in [4.69, 9.17) is 4.42 Å². The van der Waals surface area contributed by atoms with Crippen LogP contribution in [0, 0.1) is 6.92 Å². The van der Waals surface area contributed by atoms with Crippen molar-refractivity contribution in [2.24, 2.45) is 0 Å². The molecule has 0 unspecified atom stereocenters. The molecule has 124 valence electrons. The first-order valence-corrected chi connectivity index (χ1v) is 9.72. The average molecular weight is 362 g/mol. The molecule has 0 spiro atoms. The Hall–Kier alpha value is -2.45. The molecule has 8 heteroatoms. The van der Waals surface area contributed by atoms with Gasteiger partial charge in [-0.2, -0.15) is 0 Å². The van der Waals surface area contributed by atoms with E-state index in [-0.39, 0.29) is 10.8 Å². The Morgan fingerprint density at radius 1 is 1.29 bits per heavy atom. The third kappa shape index (κ3) is 3.39. The first-order chi connectivity index (χ1) is 11.3. The Morgan fingerprint density at radius 2 is 2.08 bits per heavy atom. The van der Waals surface area contributed by atoms with Crippen LogP contribution in [0.4, 0.5) is 5.69 Å². The van der Waals surface area contributed by atoms with Crippen LogP contribution in [0.1, 0.15) is 16.1 Å². The highest BCUT2D eigenvalue weighted by Crippen LogP contribution is 2.25. The second kappa shape index (κ2) is 6.21. The van der Waals surface area contributed by atoms with Gasteiger partial charge in [-0.25, -0.2) is 13.4 Å². The van der Waals surface area contributed by atoms with Crippen molar-refractivity contribution in [1.82, 2.24) is 4.98 Å². The number of benzene rings is 1. The minimum atomic E-state index is -3.28. The number of thiazole rings is 1. The van der Waals surface area contributed by atoms with E-state index in [0.29, 0.717) is 22.0 Å². The van der Waals surface area contributed by atoms with Crippen molar-refractivity contribution < 1.29 is 17.6 Å². The van der Waals surface area contributed by atoms with Gasteiger partial charge >= 0.3 is 0 Å². The first kappa shape index (κ1) is 16.4. The molecule has 0 atom stereocenters. The van der Waals surface area contributed by atoms with Gasteiger partial charge in [0.15, 0.2) is 9.84 Å². The van der Waals surface area contributed by atoms with Gasteiger partial charge in [-0.15, -0.1) is 11.3 Å². The number of aromatic nitrogens is 1. The molecule has 0 bridgehead atoms. The summed E-state index contributed by atoms with van der Waals surface area (Å²) in [5, 5.41) is 5.08. The summed E-state index contributed by atoms with van der Waals surface area (Å²) >= 11 is 1.34. The first-order valence-electron chi connectivity index (χ1n) is 6.95. The van der Waals surface area contributed by atoms with Gasteiger partial charge in [0.25, 0.3) is 5.91 Å². The van der Waals surface area contributed by atoms with Crippen LogP contribution in [0.2, 0.25) is 0 Å². The fourth-order valence-corrected chi connectivity index (χ4v) is 3.98. The summed E-state index contributed by atoms with van der Waals surface area (Å²) in [5.41, 5.74) is 2.20. The van der Waals surface area contributed by atoms with Crippen molar-refractivity contribution in [1.29, 1.82) is 0 Å². The molecule has 0 saturated heterocycles. The highest BCUT2D eigenvalue weighted by molar-refractivity contribution is 7.90. The van der Waals surface area contributed by atoms with Crippen LogP contribution < -0.4 is 5.32 Å². The van der Waals surface area contributed by atoms with Crippen LogP contribution in [0.3, 0.4) is 0 Å². The van der Waals surface area contributed by atoms with Crippen molar-refractivity contribution in [3.63, 3.8) is 0 Å². The number of amides is 1. The molecular formula is C16H14N2O4S2. The number of rotatable bonds is 4. The number of anilines is 1. The number of hydrogen-bond acceptors (Lipinski definition) is 6. The SMILES string of the molecule is Cc1cc(NC(=O)c2csc(-c3ccoc3)n2)ccc1S(C)(=O)=O. The van der Waals surface area contributed by atoms with Gasteiger partial charge < -0.3 is 9.73 Å². The Balaban J connectivity index is 1.79. The summed E-state index contributed by atoms with van der Waals surface area (Å²) in [6, 6.07) is 6.44. The van der Waals surface area contributed by atoms with Crippen LogP contribution in [-0.2, 0) is 9.84 Å². The Kier molecular flexibility index (Phi) is 4.25. The molecule has 1 aromatic carbocycles. The summed E-state index contributed by atoms with van der Waals surface area (Å²) in [6.45, 7) is 1.69. The zero-order valence-corrected chi connectivity index (χ0v) is 14.6. The third-order valence-corrected chi connectivity index (χ3v) is 5.49. The maximum atomic E-state index is 12.3. The summed E-state index contributed by atoms with van der Waals surface area (Å²) in [5.74, 6) is -0.354. The van der Waals surface area contributed by atoms with E-state index in [2.05, 4.69) is 10.3 Å². The van der Waals surface area contributed by atoms with Crippen LogP contribution in [0.25, 0.3) is 10.6 Å². The predicted molar refractivity (Wildman–Crippen MR) is 92.1 cm³/mol. The second-order valence-electron chi connectivity index (χ2n) is 5.26.